The first kappa shape index (κ1) is 27.9. The highest BCUT2D eigenvalue weighted by molar-refractivity contribution is 7.89. The summed E-state index contributed by atoms with van der Waals surface area (Å²) in [6.45, 7) is 1.81. The van der Waals surface area contributed by atoms with E-state index in [2.05, 4.69) is 24.9 Å². The van der Waals surface area contributed by atoms with Crippen molar-refractivity contribution >= 4 is 49.2 Å². The van der Waals surface area contributed by atoms with E-state index in [9.17, 15) is 27.3 Å². The highest BCUT2D eigenvalue weighted by atomic mass is 32.2. The molecule has 3 aliphatic rings. The fourth-order valence-electron chi connectivity index (χ4n) is 6.28. The Morgan fingerprint density at radius 1 is 1.20 bits per heavy atom. The number of nitrogens with zero attached hydrogens (tertiary/aromatic N) is 8. The molecule has 3 fully saturated rings. The molecule has 7 rings (SSSR count). The molecule has 1 amide bonds. The molecule has 0 radical (unpaired) electrons. The number of amides is 1. The van der Waals surface area contributed by atoms with Crippen molar-refractivity contribution in [2.24, 2.45) is 0 Å². The smallest absolute Gasteiger partial charge is 0.291 e. The van der Waals surface area contributed by atoms with Crippen LogP contribution in [0.2, 0.25) is 0 Å². The lowest BCUT2D eigenvalue weighted by atomic mass is 9.90. The van der Waals surface area contributed by atoms with E-state index in [0.29, 0.717) is 72.0 Å². The first-order valence-electron chi connectivity index (χ1n) is 15.0. The van der Waals surface area contributed by atoms with E-state index < -0.39 is 27.0 Å². The third-order valence-electron chi connectivity index (χ3n) is 8.80. The van der Waals surface area contributed by atoms with Crippen LogP contribution in [0, 0.1) is 11.3 Å². The second-order valence-corrected chi connectivity index (χ2v) is 14.2. The average molecular weight is 643 g/mol. The van der Waals surface area contributed by atoms with Crippen molar-refractivity contribution in [2.45, 2.75) is 67.3 Å². The van der Waals surface area contributed by atoms with E-state index >= 15 is 0 Å². The molecule has 4 aromatic rings. The summed E-state index contributed by atoms with van der Waals surface area (Å²) in [7, 11) is -3.99. The summed E-state index contributed by atoms with van der Waals surface area (Å²) in [5, 5.41) is 18.0. The highest BCUT2D eigenvalue weighted by Gasteiger charge is 2.47. The van der Waals surface area contributed by atoms with E-state index in [-0.39, 0.29) is 34.9 Å². The van der Waals surface area contributed by atoms with E-state index in [1.807, 2.05) is 15.9 Å². The molecule has 1 saturated carbocycles. The number of aromatic nitrogens is 5. The molecule has 1 N–H and O–H groups in total. The number of rotatable bonds is 7. The lowest BCUT2D eigenvalue weighted by Crippen LogP contribution is -2.47. The maximum absolute atomic E-state index is 13.5. The van der Waals surface area contributed by atoms with Crippen molar-refractivity contribution in [2.75, 3.05) is 26.7 Å². The molecule has 1 atom stereocenters. The predicted molar refractivity (Wildman–Crippen MR) is 157 cm³/mol. The molecule has 44 heavy (non-hydrogen) atoms. The summed E-state index contributed by atoms with van der Waals surface area (Å²) in [4.78, 5) is 26.1. The Morgan fingerprint density at radius 3 is 2.68 bits per heavy atom. The van der Waals surface area contributed by atoms with Crippen LogP contribution >= 0.6 is 11.3 Å². The van der Waals surface area contributed by atoms with Crippen LogP contribution < -0.4 is 4.72 Å². The van der Waals surface area contributed by atoms with Crippen LogP contribution in [0.1, 0.15) is 62.9 Å². The summed E-state index contributed by atoms with van der Waals surface area (Å²) in [5.41, 5.74) is 0.342. The van der Waals surface area contributed by atoms with Gasteiger partial charge in [-0.15, -0.1) is 10.2 Å². The third-order valence-corrected chi connectivity index (χ3v) is 11.3. The Hall–Kier alpha value is -3.65. The van der Waals surface area contributed by atoms with Crippen LogP contribution in [0.5, 0.6) is 0 Å². The van der Waals surface area contributed by atoms with Crippen molar-refractivity contribution in [1.29, 1.82) is 5.26 Å². The van der Waals surface area contributed by atoms with Crippen LogP contribution in [0.15, 0.2) is 29.4 Å². The number of halogens is 2. The summed E-state index contributed by atoms with van der Waals surface area (Å²) in [5.74, 6) is 0.0106. The molecule has 3 aromatic heterocycles. The molecule has 0 unspecified atom stereocenters. The maximum Gasteiger partial charge on any atom is 0.291 e. The number of benzene rings is 1. The van der Waals surface area contributed by atoms with Crippen molar-refractivity contribution in [3.8, 4) is 11.2 Å². The molecule has 1 aromatic carbocycles. The van der Waals surface area contributed by atoms with E-state index in [4.69, 9.17) is 1.37 Å². The average Bonchev–Trinajstić information content (AvgIpc) is 3.38. The van der Waals surface area contributed by atoms with Crippen molar-refractivity contribution in [3.05, 3.63) is 35.2 Å². The van der Waals surface area contributed by atoms with E-state index in [1.165, 1.54) is 23.0 Å². The molecular formula is C28H29F2N9O3S2. The quantitative estimate of drug-likeness (QED) is 0.320. The van der Waals surface area contributed by atoms with Gasteiger partial charge in [0.25, 0.3) is 6.43 Å². The van der Waals surface area contributed by atoms with E-state index in [1.54, 1.807) is 6.07 Å². The summed E-state index contributed by atoms with van der Waals surface area (Å²) >= 11 is 0.685. The summed E-state index contributed by atoms with van der Waals surface area (Å²) in [6.07, 6.45) is 2.33. The zero-order valence-corrected chi connectivity index (χ0v) is 25.1. The molecule has 16 heteroatoms. The molecule has 2 aliphatic heterocycles. The predicted octanol–water partition coefficient (Wildman–Crippen LogP) is 3.50. The van der Waals surface area contributed by atoms with Gasteiger partial charge >= 0.3 is 0 Å². The normalized spacial score (nSPS) is 21.3. The Bertz CT molecular complexity index is 1950. The highest BCUT2D eigenvalue weighted by Crippen LogP contribution is 2.41. The molecule has 0 spiro atoms. The first-order valence-corrected chi connectivity index (χ1v) is 16.6. The third kappa shape index (κ3) is 4.91. The van der Waals surface area contributed by atoms with Crippen LogP contribution in [0.4, 0.5) is 8.78 Å². The van der Waals surface area contributed by atoms with Gasteiger partial charge in [0.2, 0.25) is 21.1 Å². The first-order chi connectivity index (χ1) is 21.6. The standard InChI is InChI=1S/C28H29F2N9O3S2/c1-37-10-2-3-19(37)26(40)38-11-6-16(7-12-38)22-21-18-5-4-17(44(41,42)36-28(14-31)8-9-28)13-20(18)39(24(21)33-15-32-22)27-35-34-25(43-27)23(29)30/h4-5,13,15-16,19,23,36H,2-3,6-12H2,1H3/t19-/m0/s1/i1D. The maximum atomic E-state index is 13.5. The van der Waals surface area contributed by atoms with Gasteiger partial charge in [0, 0.05) is 31.2 Å². The number of piperidine rings is 1. The molecule has 5 heterocycles. The van der Waals surface area contributed by atoms with Gasteiger partial charge < -0.3 is 4.90 Å². The van der Waals surface area contributed by atoms with Gasteiger partial charge in [-0.25, -0.2) is 27.2 Å². The number of fused-ring (bicyclic) bond motifs is 3. The van der Waals surface area contributed by atoms with Gasteiger partial charge in [0.1, 0.15) is 11.9 Å². The van der Waals surface area contributed by atoms with Gasteiger partial charge in [-0.1, -0.05) is 17.4 Å². The number of alkyl halides is 2. The van der Waals surface area contributed by atoms with Crippen molar-refractivity contribution in [1.82, 2.24) is 39.3 Å². The molecule has 230 valence electrons. The van der Waals surface area contributed by atoms with Crippen LogP contribution in [0.25, 0.3) is 27.1 Å². The molecule has 1 aliphatic carbocycles. The number of hydrogen-bond acceptors (Lipinski definition) is 10. The number of likely N-dealkylation sites (N-methyl/N-ethyl adjacent to an activating group) is 1. The molecule has 0 bridgehead atoms. The Balaban J connectivity index is 1.28. The number of nitriles is 1. The van der Waals surface area contributed by atoms with Crippen LogP contribution in [0.3, 0.4) is 0 Å². The zero-order valence-electron chi connectivity index (χ0n) is 24.5. The number of sulfonamides is 1. The molecule has 2 saturated heterocycles. The van der Waals surface area contributed by atoms with Crippen LogP contribution in [-0.4, -0.2) is 87.1 Å². The fourth-order valence-corrected chi connectivity index (χ4v) is 8.39. The van der Waals surface area contributed by atoms with E-state index in [0.717, 1.165) is 25.1 Å². The topological polar surface area (TPSA) is 150 Å². The van der Waals surface area contributed by atoms with Gasteiger partial charge in [-0.3, -0.25) is 14.3 Å². The SMILES string of the molecule is [2H]CN1CCC[C@H]1C(=O)N1CCC(c2ncnc3c2c2ccc(S(=O)(=O)NC4(C#N)CC4)cc2n3-c2nnc(C(F)F)s2)CC1. The molecule has 12 nitrogen and oxygen atoms in total. The Morgan fingerprint density at radius 2 is 2.00 bits per heavy atom. The van der Waals surface area contributed by atoms with Gasteiger partial charge in [0.15, 0.2) is 10.7 Å². The largest absolute Gasteiger partial charge is 0.341 e. The lowest BCUT2D eigenvalue weighted by Gasteiger charge is -2.34. The second-order valence-electron chi connectivity index (χ2n) is 11.6. The minimum absolute atomic E-state index is 0.0454. The number of carbonyl (C=O) groups excluding carboxylic acids is 1. The minimum Gasteiger partial charge on any atom is -0.341 e. The number of carbonyl (C=O) groups is 1. The monoisotopic (exact) mass is 642 g/mol. The van der Waals surface area contributed by atoms with Gasteiger partial charge in [-0.2, -0.15) is 9.98 Å². The zero-order chi connectivity index (χ0) is 31.5. The molecular weight excluding hydrogens is 612 g/mol. The number of nitrogens with one attached hydrogen (secondary N) is 1. The summed E-state index contributed by atoms with van der Waals surface area (Å²) in [6, 6.07) is 6.30. The number of likely N-dealkylation sites (tertiary alicyclic amines) is 2. The van der Waals surface area contributed by atoms with Gasteiger partial charge in [0.05, 0.1) is 28.2 Å². The van der Waals surface area contributed by atoms with Crippen LogP contribution in [-0.2, 0) is 14.8 Å². The Labute approximate surface area is 257 Å². The second kappa shape index (κ2) is 10.8. The fraction of sp³-hybridized carbons (Fsp3) is 0.500. The lowest BCUT2D eigenvalue weighted by molar-refractivity contribution is -0.136. The minimum atomic E-state index is -4.09. The van der Waals surface area contributed by atoms with Gasteiger partial charge in [-0.05, 0) is 64.2 Å². The number of hydrogen-bond donors (Lipinski definition) is 1. The van der Waals surface area contributed by atoms with Crippen molar-refractivity contribution in [3.63, 3.8) is 0 Å². The summed E-state index contributed by atoms with van der Waals surface area (Å²) < 4.78 is 65.4. The Kier molecular flexibility index (Phi) is 6.81. The van der Waals surface area contributed by atoms with Crippen molar-refractivity contribution < 1.29 is 23.4 Å².